The van der Waals surface area contributed by atoms with Gasteiger partial charge in [-0.1, -0.05) is 29.3 Å². The number of amides is 1. The molecule has 0 fully saturated rings. The van der Waals surface area contributed by atoms with Crippen LogP contribution in [-0.4, -0.2) is 29.8 Å². The van der Waals surface area contributed by atoms with Crippen molar-refractivity contribution in [1.82, 2.24) is 4.90 Å². The maximum absolute atomic E-state index is 12.4. The second kappa shape index (κ2) is 8.18. The molecule has 2 nitrogen and oxygen atoms in total. The molecule has 0 spiro atoms. The lowest BCUT2D eigenvalue weighted by Crippen LogP contribution is -2.33. The van der Waals surface area contributed by atoms with Gasteiger partial charge in [0.05, 0.1) is 5.56 Å². The quantitative estimate of drug-likeness (QED) is 0.638. The molecule has 1 amide bonds. The number of halogens is 3. The van der Waals surface area contributed by atoms with Crippen molar-refractivity contribution in [2.75, 3.05) is 19.0 Å². The first-order valence-corrected chi connectivity index (χ1v) is 8.02. The minimum atomic E-state index is 0.0310. The third kappa shape index (κ3) is 4.56. The highest BCUT2D eigenvalue weighted by Crippen LogP contribution is 2.23. The Hall–Kier alpha value is -0.0600. The van der Waals surface area contributed by atoms with Crippen molar-refractivity contribution in [3.8, 4) is 0 Å². The van der Waals surface area contributed by atoms with E-state index in [4.69, 9.17) is 11.6 Å². The van der Waals surface area contributed by atoms with Crippen LogP contribution in [0.2, 0.25) is 0 Å². The molecule has 0 saturated carbocycles. The van der Waals surface area contributed by atoms with Crippen LogP contribution in [0.1, 0.15) is 30.1 Å². The van der Waals surface area contributed by atoms with Gasteiger partial charge < -0.3 is 4.90 Å². The summed E-state index contributed by atoms with van der Waals surface area (Å²) in [6.07, 6.45) is 2.06. The van der Waals surface area contributed by atoms with Crippen LogP contribution in [-0.2, 0) is 0 Å². The van der Waals surface area contributed by atoms with E-state index in [1.807, 2.05) is 23.1 Å². The number of hydrogen-bond donors (Lipinski definition) is 0. The van der Waals surface area contributed by atoms with E-state index in [0.29, 0.717) is 18.0 Å². The van der Waals surface area contributed by atoms with E-state index >= 15 is 0 Å². The Morgan fingerprint density at radius 2 is 2.06 bits per heavy atom. The van der Waals surface area contributed by atoms with Crippen LogP contribution in [0.5, 0.6) is 0 Å². The molecule has 0 bridgehead atoms. The van der Waals surface area contributed by atoms with Gasteiger partial charge >= 0.3 is 0 Å². The van der Waals surface area contributed by atoms with Gasteiger partial charge in [0, 0.05) is 27.9 Å². The summed E-state index contributed by atoms with van der Waals surface area (Å²) in [5, 5.41) is 0. The maximum Gasteiger partial charge on any atom is 0.255 e. The molecule has 0 unspecified atom stereocenters. The molecular weight excluding hydrogens is 381 g/mol. The first-order valence-electron chi connectivity index (χ1n) is 5.90. The second-order valence-electron chi connectivity index (χ2n) is 3.96. The zero-order chi connectivity index (χ0) is 13.5. The lowest BCUT2D eigenvalue weighted by molar-refractivity contribution is 0.0762. The fourth-order valence-electron chi connectivity index (χ4n) is 1.60. The summed E-state index contributed by atoms with van der Waals surface area (Å²) >= 11 is 12.6. The Morgan fingerprint density at radius 3 is 2.61 bits per heavy atom. The number of rotatable bonds is 6. The molecule has 0 radical (unpaired) electrons. The number of benzene rings is 1. The van der Waals surface area contributed by atoms with Crippen molar-refractivity contribution >= 4 is 49.4 Å². The van der Waals surface area contributed by atoms with Crippen molar-refractivity contribution in [2.24, 2.45) is 0 Å². The summed E-state index contributed by atoms with van der Waals surface area (Å²) < 4.78 is 1.75. The van der Waals surface area contributed by atoms with Gasteiger partial charge in [-0.3, -0.25) is 4.79 Å². The van der Waals surface area contributed by atoms with Gasteiger partial charge in [-0.2, -0.15) is 0 Å². The third-order valence-electron chi connectivity index (χ3n) is 2.58. The Bertz CT molecular complexity index is 412. The number of carbonyl (C=O) groups is 1. The minimum absolute atomic E-state index is 0.0310. The van der Waals surface area contributed by atoms with Gasteiger partial charge in [0.25, 0.3) is 5.91 Å². The van der Waals surface area contributed by atoms with E-state index in [1.165, 1.54) is 0 Å². The zero-order valence-electron chi connectivity index (χ0n) is 10.3. The van der Waals surface area contributed by atoms with Crippen molar-refractivity contribution in [2.45, 2.75) is 19.8 Å². The smallest absolute Gasteiger partial charge is 0.255 e. The van der Waals surface area contributed by atoms with Gasteiger partial charge in [0.15, 0.2) is 0 Å². The van der Waals surface area contributed by atoms with E-state index in [9.17, 15) is 4.79 Å². The van der Waals surface area contributed by atoms with E-state index in [0.717, 1.165) is 28.3 Å². The summed E-state index contributed by atoms with van der Waals surface area (Å²) in [6.45, 7) is 3.45. The molecule has 0 atom stereocenters. The van der Waals surface area contributed by atoms with E-state index in [1.54, 1.807) is 0 Å². The number of alkyl halides is 1. The van der Waals surface area contributed by atoms with Crippen molar-refractivity contribution < 1.29 is 4.79 Å². The average Bonchev–Trinajstić information content (AvgIpc) is 2.33. The standard InChI is InChI=1S/C13H16Br2ClNO/c1-2-3-7-17(8-6-16)13(18)11-5-4-10(14)9-12(11)15/h4-5,9H,2-3,6-8H2,1H3. The maximum atomic E-state index is 12.4. The van der Waals surface area contributed by atoms with E-state index < -0.39 is 0 Å². The predicted octanol–water partition coefficient (Wildman–Crippen LogP) is 4.69. The number of unbranched alkanes of at least 4 members (excludes halogenated alkanes) is 1. The fourth-order valence-corrected chi connectivity index (χ4v) is 3.02. The molecule has 0 aliphatic rings. The highest BCUT2D eigenvalue weighted by atomic mass is 79.9. The summed E-state index contributed by atoms with van der Waals surface area (Å²) in [5.41, 5.74) is 0.680. The molecule has 100 valence electrons. The lowest BCUT2D eigenvalue weighted by atomic mass is 10.2. The Morgan fingerprint density at radius 1 is 1.33 bits per heavy atom. The Kier molecular flexibility index (Phi) is 7.27. The number of nitrogens with zero attached hydrogens (tertiary/aromatic N) is 1. The highest BCUT2D eigenvalue weighted by molar-refractivity contribution is 9.11. The zero-order valence-corrected chi connectivity index (χ0v) is 14.2. The van der Waals surface area contributed by atoms with E-state index in [2.05, 4.69) is 38.8 Å². The fraction of sp³-hybridized carbons (Fsp3) is 0.462. The summed E-state index contributed by atoms with van der Waals surface area (Å²) in [5.74, 6) is 0.493. The highest BCUT2D eigenvalue weighted by Gasteiger charge is 2.17. The summed E-state index contributed by atoms with van der Waals surface area (Å²) in [7, 11) is 0. The molecule has 0 N–H and O–H groups in total. The van der Waals surface area contributed by atoms with Gasteiger partial charge in [-0.25, -0.2) is 0 Å². The average molecular weight is 398 g/mol. The molecule has 1 aromatic carbocycles. The molecule has 0 heterocycles. The Labute approximate surface area is 130 Å². The molecule has 5 heteroatoms. The van der Waals surface area contributed by atoms with Crippen molar-refractivity contribution in [3.63, 3.8) is 0 Å². The Balaban J connectivity index is 2.87. The molecule has 0 aliphatic heterocycles. The van der Waals surface area contributed by atoms with Crippen LogP contribution < -0.4 is 0 Å². The minimum Gasteiger partial charge on any atom is -0.337 e. The lowest BCUT2D eigenvalue weighted by Gasteiger charge is -2.22. The molecule has 0 aliphatic carbocycles. The molecule has 1 rings (SSSR count). The normalized spacial score (nSPS) is 10.4. The topological polar surface area (TPSA) is 20.3 Å². The first kappa shape index (κ1) is 16.0. The van der Waals surface area contributed by atoms with E-state index in [-0.39, 0.29) is 5.91 Å². The molecule has 0 aromatic heterocycles. The summed E-state index contributed by atoms with van der Waals surface area (Å²) in [4.78, 5) is 14.2. The van der Waals surface area contributed by atoms with Crippen LogP contribution in [0.4, 0.5) is 0 Å². The van der Waals surface area contributed by atoms with Crippen LogP contribution in [0, 0.1) is 0 Å². The van der Waals surface area contributed by atoms with Gasteiger partial charge in [-0.15, -0.1) is 11.6 Å². The van der Waals surface area contributed by atoms with Gasteiger partial charge in [-0.05, 0) is 40.5 Å². The second-order valence-corrected chi connectivity index (χ2v) is 6.11. The van der Waals surface area contributed by atoms with Crippen LogP contribution in [0.15, 0.2) is 27.1 Å². The van der Waals surface area contributed by atoms with Crippen LogP contribution in [0.25, 0.3) is 0 Å². The molecule has 0 saturated heterocycles. The van der Waals surface area contributed by atoms with Crippen molar-refractivity contribution in [3.05, 3.63) is 32.7 Å². The predicted molar refractivity (Wildman–Crippen MR) is 83.4 cm³/mol. The van der Waals surface area contributed by atoms with Crippen LogP contribution >= 0.6 is 43.5 Å². The SMILES string of the molecule is CCCCN(CCCl)C(=O)c1ccc(Br)cc1Br. The summed E-state index contributed by atoms with van der Waals surface area (Å²) in [6, 6.07) is 5.58. The molecular formula is C13H16Br2ClNO. The van der Waals surface area contributed by atoms with Gasteiger partial charge in [0.1, 0.15) is 0 Å². The van der Waals surface area contributed by atoms with Crippen LogP contribution in [0.3, 0.4) is 0 Å². The van der Waals surface area contributed by atoms with Crippen molar-refractivity contribution in [1.29, 1.82) is 0 Å². The first-order chi connectivity index (χ1) is 8.60. The number of carbonyl (C=O) groups excluding carboxylic acids is 1. The van der Waals surface area contributed by atoms with Gasteiger partial charge in [0.2, 0.25) is 0 Å². The molecule has 18 heavy (non-hydrogen) atoms. The molecule has 1 aromatic rings. The monoisotopic (exact) mass is 395 g/mol. The number of hydrogen-bond acceptors (Lipinski definition) is 1. The third-order valence-corrected chi connectivity index (χ3v) is 3.90. The largest absolute Gasteiger partial charge is 0.337 e.